The minimum absolute atomic E-state index is 0.00377. The predicted octanol–water partition coefficient (Wildman–Crippen LogP) is 2.62. The molecule has 5 heterocycles. The van der Waals surface area contributed by atoms with Gasteiger partial charge in [0.25, 0.3) is 5.91 Å². The molecule has 1 N–H and O–H groups in total. The fourth-order valence-electron chi connectivity index (χ4n) is 4.49. The van der Waals surface area contributed by atoms with E-state index in [2.05, 4.69) is 30.2 Å². The molecule has 0 saturated carbocycles. The highest BCUT2D eigenvalue weighted by Gasteiger charge is 2.24. The van der Waals surface area contributed by atoms with Crippen LogP contribution in [-0.2, 0) is 11.8 Å². The Labute approximate surface area is 208 Å². The monoisotopic (exact) mass is 495 g/mol. The number of anilines is 1. The number of hydrogen-bond acceptors (Lipinski definition) is 8. The number of aromatic nitrogens is 5. The molecule has 10 nitrogen and oxygen atoms in total. The molecule has 0 aromatic carbocycles. The van der Waals surface area contributed by atoms with Crippen LogP contribution < -0.4 is 15.0 Å². The van der Waals surface area contributed by atoms with Gasteiger partial charge in [0.1, 0.15) is 23.0 Å². The van der Waals surface area contributed by atoms with E-state index in [1.165, 1.54) is 12.3 Å². The summed E-state index contributed by atoms with van der Waals surface area (Å²) in [6, 6.07) is 4.69. The number of carbonyl (C=O) groups is 1. The molecule has 3 aromatic heterocycles. The number of halogens is 1. The van der Waals surface area contributed by atoms with Gasteiger partial charge in [0.2, 0.25) is 5.88 Å². The standard InChI is InChI=1S/C25H30FN7O3/c1-32-16-27-14-21(32)24-30-20(12-23(31-24)36-15-17-6-10-35-11-7-17)25(34)29-19-4-8-33(9-5-19)22-3-2-18(26)13-28-22/h2-3,12-14,16-17,19H,4-11,15H2,1H3,(H,29,34). The summed E-state index contributed by atoms with van der Waals surface area (Å²) in [5, 5.41) is 3.11. The van der Waals surface area contributed by atoms with E-state index in [-0.39, 0.29) is 23.5 Å². The van der Waals surface area contributed by atoms with Gasteiger partial charge in [-0.2, -0.15) is 4.98 Å². The van der Waals surface area contributed by atoms with Crippen LogP contribution in [0.5, 0.6) is 5.88 Å². The quantitative estimate of drug-likeness (QED) is 0.533. The van der Waals surface area contributed by atoms with Crippen LogP contribution in [0.2, 0.25) is 0 Å². The van der Waals surface area contributed by atoms with Crippen molar-refractivity contribution < 1.29 is 18.7 Å². The van der Waals surface area contributed by atoms with E-state index in [4.69, 9.17) is 9.47 Å². The number of ether oxygens (including phenoxy) is 2. The number of piperidine rings is 1. The lowest BCUT2D eigenvalue weighted by Gasteiger charge is -2.33. The fourth-order valence-corrected chi connectivity index (χ4v) is 4.49. The maximum absolute atomic E-state index is 13.2. The SMILES string of the molecule is Cn1cncc1-c1nc(OCC2CCOCC2)cc(C(=O)NC2CCN(c3ccc(F)cn3)CC2)n1. The van der Waals surface area contributed by atoms with Crippen LogP contribution in [0.1, 0.15) is 36.2 Å². The lowest BCUT2D eigenvalue weighted by atomic mass is 10.0. The summed E-state index contributed by atoms with van der Waals surface area (Å²) < 4.78 is 26.4. The second kappa shape index (κ2) is 11.0. The zero-order valence-electron chi connectivity index (χ0n) is 20.3. The van der Waals surface area contributed by atoms with Crippen LogP contribution in [0.4, 0.5) is 10.2 Å². The molecule has 2 aliphatic heterocycles. The normalized spacial score (nSPS) is 17.2. The summed E-state index contributed by atoms with van der Waals surface area (Å²) in [5.41, 5.74) is 0.950. The van der Waals surface area contributed by atoms with Crippen LogP contribution in [0.3, 0.4) is 0 Å². The topological polar surface area (TPSA) is 107 Å². The van der Waals surface area contributed by atoms with Crippen LogP contribution in [0, 0.1) is 11.7 Å². The number of amides is 1. The summed E-state index contributed by atoms with van der Waals surface area (Å²) in [7, 11) is 1.85. The van der Waals surface area contributed by atoms with Gasteiger partial charge < -0.3 is 24.3 Å². The van der Waals surface area contributed by atoms with Crippen molar-refractivity contribution in [2.45, 2.75) is 31.7 Å². The van der Waals surface area contributed by atoms with E-state index in [0.29, 0.717) is 43.0 Å². The Morgan fingerprint density at radius 1 is 1.17 bits per heavy atom. The molecule has 0 atom stereocenters. The number of nitrogens with zero attached hydrogens (tertiary/aromatic N) is 6. The third-order valence-corrected chi connectivity index (χ3v) is 6.65. The summed E-state index contributed by atoms with van der Waals surface area (Å²) in [4.78, 5) is 32.7. The molecule has 0 spiro atoms. The number of rotatable bonds is 7. The first-order valence-electron chi connectivity index (χ1n) is 12.3. The van der Waals surface area contributed by atoms with E-state index < -0.39 is 0 Å². The maximum Gasteiger partial charge on any atom is 0.270 e. The highest BCUT2D eigenvalue weighted by Crippen LogP contribution is 2.22. The number of imidazole rings is 1. The Bertz CT molecular complexity index is 1170. The molecule has 3 aromatic rings. The maximum atomic E-state index is 13.2. The number of hydrogen-bond donors (Lipinski definition) is 1. The molecule has 190 valence electrons. The molecule has 0 unspecified atom stereocenters. The molecule has 1 amide bonds. The van der Waals surface area contributed by atoms with E-state index in [9.17, 15) is 9.18 Å². The summed E-state index contributed by atoms with van der Waals surface area (Å²) >= 11 is 0. The van der Waals surface area contributed by atoms with E-state index in [1.807, 2.05) is 7.05 Å². The zero-order chi connectivity index (χ0) is 24.9. The summed E-state index contributed by atoms with van der Waals surface area (Å²) in [6.07, 6.45) is 7.93. The molecule has 0 bridgehead atoms. The molecular weight excluding hydrogens is 465 g/mol. The van der Waals surface area contributed by atoms with Gasteiger partial charge >= 0.3 is 0 Å². The van der Waals surface area contributed by atoms with Gasteiger partial charge in [-0.15, -0.1) is 0 Å². The minimum Gasteiger partial charge on any atom is -0.477 e. The van der Waals surface area contributed by atoms with Crippen molar-refractivity contribution in [3.63, 3.8) is 0 Å². The average Bonchev–Trinajstić information content (AvgIpc) is 3.35. The molecule has 0 aliphatic carbocycles. The van der Waals surface area contributed by atoms with Crippen molar-refractivity contribution in [1.82, 2.24) is 29.8 Å². The summed E-state index contributed by atoms with van der Waals surface area (Å²) in [6.45, 7) is 3.42. The first-order chi connectivity index (χ1) is 17.5. The van der Waals surface area contributed by atoms with Gasteiger partial charge in [-0.3, -0.25) is 4.79 Å². The molecule has 2 aliphatic rings. The van der Waals surface area contributed by atoms with Gasteiger partial charge in [-0.05, 0) is 43.7 Å². The first-order valence-corrected chi connectivity index (χ1v) is 12.3. The second-order valence-electron chi connectivity index (χ2n) is 9.24. The molecule has 36 heavy (non-hydrogen) atoms. The van der Waals surface area contributed by atoms with Crippen molar-refractivity contribution in [1.29, 1.82) is 0 Å². The first kappa shape index (κ1) is 24.1. The van der Waals surface area contributed by atoms with Crippen molar-refractivity contribution in [2.75, 3.05) is 37.8 Å². The third kappa shape index (κ3) is 5.78. The van der Waals surface area contributed by atoms with E-state index in [0.717, 1.165) is 44.7 Å². The lowest BCUT2D eigenvalue weighted by Crippen LogP contribution is -2.45. The average molecular weight is 496 g/mol. The van der Waals surface area contributed by atoms with E-state index >= 15 is 0 Å². The second-order valence-corrected chi connectivity index (χ2v) is 9.24. The molecular formula is C25H30FN7O3. The zero-order valence-corrected chi connectivity index (χ0v) is 20.3. The van der Waals surface area contributed by atoms with Crippen LogP contribution in [-0.4, -0.2) is 69.4 Å². The third-order valence-electron chi connectivity index (χ3n) is 6.65. The predicted molar refractivity (Wildman–Crippen MR) is 130 cm³/mol. The van der Waals surface area contributed by atoms with Crippen LogP contribution >= 0.6 is 0 Å². The van der Waals surface area contributed by atoms with E-state index in [1.54, 1.807) is 29.2 Å². The molecule has 11 heteroatoms. The van der Waals surface area contributed by atoms with Gasteiger partial charge in [0.15, 0.2) is 5.82 Å². The van der Waals surface area contributed by atoms with Crippen molar-refractivity contribution in [3.8, 4) is 17.4 Å². The largest absolute Gasteiger partial charge is 0.477 e. The highest BCUT2D eigenvalue weighted by atomic mass is 19.1. The minimum atomic E-state index is -0.354. The number of pyridine rings is 1. The number of carbonyl (C=O) groups excluding carboxylic acids is 1. The van der Waals surface area contributed by atoms with Crippen LogP contribution in [0.25, 0.3) is 11.5 Å². The Morgan fingerprint density at radius 2 is 1.97 bits per heavy atom. The highest BCUT2D eigenvalue weighted by molar-refractivity contribution is 5.93. The van der Waals surface area contributed by atoms with Gasteiger partial charge in [0.05, 0.1) is 25.3 Å². The Balaban J connectivity index is 1.26. The molecule has 5 rings (SSSR count). The van der Waals surface area contributed by atoms with Crippen molar-refractivity contribution >= 4 is 11.7 Å². The fraction of sp³-hybridized carbons (Fsp3) is 0.480. The van der Waals surface area contributed by atoms with Gasteiger partial charge in [-0.1, -0.05) is 0 Å². The van der Waals surface area contributed by atoms with Crippen molar-refractivity contribution in [2.24, 2.45) is 13.0 Å². The molecule has 2 fully saturated rings. The molecule has 2 saturated heterocycles. The number of aryl methyl sites for hydroxylation is 1. The smallest absolute Gasteiger partial charge is 0.270 e. The molecule has 0 radical (unpaired) electrons. The number of nitrogens with one attached hydrogen (secondary N) is 1. The Hall–Kier alpha value is -3.60. The van der Waals surface area contributed by atoms with Crippen molar-refractivity contribution in [3.05, 3.63) is 48.4 Å². The van der Waals surface area contributed by atoms with Gasteiger partial charge in [-0.25, -0.2) is 19.3 Å². The van der Waals surface area contributed by atoms with Crippen LogP contribution in [0.15, 0.2) is 36.9 Å². The Morgan fingerprint density at radius 3 is 2.67 bits per heavy atom. The Kier molecular flexibility index (Phi) is 7.36. The van der Waals surface area contributed by atoms with Gasteiger partial charge in [0, 0.05) is 45.5 Å². The summed E-state index contributed by atoms with van der Waals surface area (Å²) in [5.74, 6) is 1.27. The lowest BCUT2D eigenvalue weighted by molar-refractivity contribution is 0.0490.